The third-order valence-corrected chi connectivity index (χ3v) is 2.23. The number of carbonyl (C=O) groups excluding carboxylic acids is 1. The molecule has 1 aromatic carbocycles. The van der Waals surface area contributed by atoms with Crippen molar-refractivity contribution in [3.05, 3.63) is 41.0 Å². The number of nitriles is 1. The molecule has 0 amide bonds. The van der Waals surface area contributed by atoms with E-state index in [0.29, 0.717) is 5.56 Å². The Morgan fingerprint density at radius 3 is 2.25 bits per heavy atom. The molecule has 0 aliphatic heterocycles. The predicted molar refractivity (Wildman–Crippen MR) is 66.3 cm³/mol. The van der Waals surface area contributed by atoms with E-state index in [1.807, 2.05) is 0 Å². The average Bonchev–Trinajstić information content (AvgIpc) is 2.34. The Kier molecular flexibility index (Phi) is 4.92. The smallest absolute Gasteiger partial charge is 0.416 e. The van der Waals surface area contributed by atoms with Gasteiger partial charge in [-0.3, -0.25) is 0 Å². The third kappa shape index (κ3) is 4.43. The van der Waals surface area contributed by atoms with Gasteiger partial charge in [0.15, 0.2) is 0 Å². The number of halogens is 3. The number of alkyl halides is 3. The van der Waals surface area contributed by atoms with E-state index in [0.717, 1.165) is 12.1 Å². The van der Waals surface area contributed by atoms with Gasteiger partial charge >= 0.3 is 12.1 Å². The van der Waals surface area contributed by atoms with Crippen molar-refractivity contribution in [2.45, 2.75) is 26.1 Å². The van der Waals surface area contributed by atoms with E-state index in [4.69, 9.17) is 10.00 Å². The molecule has 20 heavy (non-hydrogen) atoms. The molecule has 0 aliphatic rings. The molecule has 0 heterocycles. The van der Waals surface area contributed by atoms with Crippen molar-refractivity contribution in [1.82, 2.24) is 0 Å². The quantitative estimate of drug-likeness (QED) is 0.484. The normalized spacial score (nSPS) is 12.2. The molecule has 0 unspecified atom stereocenters. The first-order valence-corrected chi connectivity index (χ1v) is 5.74. The fraction of sp³-hybridized carbons (Fsp3) is 0.286. The van der Waals surface area contributed by atoms with Crippen LogP contribution in [0.2, 0.25) is 0 Å². The summed E-state index contributed by atoms with van der Waals surface area (Å²) in [7, 11) is 0. The first-order valence-electron chi connectivity index (χ1n) is 5.74. The summed E-state index contributed by atoms with van der Waals surface area (Å²) in [5.41, 5.74) is -0.744. The molecule has 3 nitrogen and oxygen atoms in total. The summed E-state index contributed by atoms with van der Waals surface area (Å²) in [6, 6.07) is 5.80. The van der Waals surface area contributed by atoms with Crippen molar-refractivity contribution in [2.24, 2.45) is 0 Å². The zero-order valence-electron chi connectivity index (χ0n) is 10.9. The first kappa shape index (κ1) is 15.8. The van der Waals surface area contributed by atoms with Crippen LogP contribution in [0.15, 0.2) is 29.8 Å². The average molecular weight is 283 g/mol. The molecule has 0 N–H and O–H groups in total. The number of carbonyl (C=O) groups is 1. The van der Waals surface area contributed by atoms with Gasteiger partial charge in [0.25, 0.3) is 0 Å². The van der Waals surface area contributed by atoms with Crippen LogP contribution in [0.25, 0.3) is 6.08 Å². The summed E-state index contributed by atoms with van der Waals surface area (Å²) in [5.74, 6) is -0.803. The molecule has 0 aliphatic carbocycles. The van der Waals surface area contributed by atoms with E-state index in [1.54, 1.807) is 19.9 Å². The number of hydrogen-bond acceptors (Lipinski definition) is 3. The molecule has 0 bridgehead atoms. The number of ether oxygens (including phenoxy) is 1. The Bertz CT molecular complexity index is 551. The molecule has 6 heteroatoms. The lowest BCUT2D eigenvalue weighted by Crippen LogP contribution is -2.12. The van der Waals surface area contributed by atoms with Gasteiger partial charge in [0, 0.05) is 0 Å². The van der Waals surface area contributed by atoms with Crippen LogP contribution in [0.1, 0.15) is 25.0 Å². The van der Waals surface area contributed by atoms with Crippen LogP contribution >= 0.6 is 0 Å². The van der Waals surface area contributed by atoms with Gasteiger partial charge in [-0.1, -0.05) is 12.1 Å². The minimum absolute atomic E-state index is 0.265. The van der Waals surface area contributed by atoms with E-state index >= 15 is 0 Å². The Hall–Kier alpha value is -2.29. The summed E-state index contributed by atoms with van der Waals surface area (Å²) < 4.78 is 42.0. The van der Waals surface area contributed by atoms with E-state index in [9.17, 15) is 18.0 Å². The third-order valence-electron chi connectivity index (χ3n) is 2.23. The van der Waals surface area contributed by atoms with Gasteiger partial charge < -0.3 is 4.74 Å². The van der Waals surface area contributed by atoms with Gasteiger partial charge in [-0.05, 0) is 37.6 Å². The highest BCUT2D eigenvalue weighted by molar-refractivity contribution is 5.97. The lowest BCUT2D eigenvalue weighted by atomic mass is 10.1. The Balaban J connectivity index is 2.97. The summed E-state index contributed by atoms with van der Waals surface area (Å²) in [6.07, 6.45) is -3.62. The second-order valence-electron chi connectivity index (χ2n) is 4.24. The van der Waals surface area contributed by atoms with Crippen molar-refractivity contribution in [3.63, 3.8) is 0 Å². The fourth-order valence-electron chi connectivity index (χ4n) is 1.35. The van der Waals surface area contributed by atoms with E-state index < -0.39 is 17.7 Å². The molecule has 1 rings (SSSR count). The maximum Gasteiger partial charge on any atom is 0.416 e. The lowest BCUT2D eigenvalue weighted by molar-refractivity contribution is -0.142. The van der Waals surface area contributed by atoms with Crippen LogP contribution < -0.4 is 0 Å². The maximum atomic E-state index is 12.4. The standard InChI is InChI=1S/C14H12F3NO2/c1-9(2)20-13(19)11(8-18)7-10-3-5-12(6-4-10)14(15,16)17/h3-7,9H,1-2H3/b11-7-. The monoisotopic (exact) mass is 283 g/mol. The van der Waals surface area contributed by atoms with Gasteiger partial charge in [0.2, 0.25) is 0 Å². The molecule has 0 spiro atoms. The van der Waals surface area contributed by atoms with Crippen molar-refractivity contribution >= 4 is 12.0 Å². The zero-order chi connectivity index (χ0) is 15.3. The SMILES string of the molecule is CC(C)OC(=O)/C(C#N)=C\c1ccc(C(F)(F)F)cc1. The minimum atomic E-state index is -4.42. The number of esters is 1. The van der Waals surface area contributed by atoms with Crippen molar-refractivity contribution < 1.29 is 22.7 Å². The Labute approximate surface area is 114 Å². The van der Waals surface area contributed by atoms with Crippen LogP contribution in [0.3, 0.4) is 0 Å². The Morgan fingerprint density at radius 1 is 1.30 bits per heavy atom. The van der Waals surface area contributed by atoms with Crippen LogP contribution in [0.4, 0.5) is 13.2 Å². The van der Waals surface area contributed by atoms with Gasteiger partial charge in [-0.15, -0.1) is 0 Å². The molecular weight excluding hydrogens is 271 g/mol. The van der Waals surface area contributed by atoms with Crippen LogP contribution in [-0.4, -0.2) is 12.1 Å². The molecule has 0 atom stereocenters. The van der Waals surface area contributed by atoms with Gasteiger partial charge in [0.05, 0.1) is 11.7 Å². The lowest BCUT2D eigenvalue weighted by Gasteiger charge is -2.07. The van der Waals surface area contributed by atoms with E-state index in [-0.39, 0.29) is 11.7 Å². The van der Waals surface area contributed by atoms with Crippen LogP contribution in [0, 0.1) is 11.3 Å². The highest BCUT2D eigenvalue weighted by Gasteiger charge is 2.29. The zero-order valence-corrected chi connectivity index (χ0v) is 10.9. The first-order chi connectivity index (χ1) is 9.24. The largest absolute Gasteiger partial charge is 0.459 e. The number of nitrogens with zero attached hydrogens (tertiary/aromatic N) is 1. The topological polar surface area (TPSA) is 50.1 Å². The molecule has 0 saturated carbocycles. The summed E-state index contributed by atoms with van der Waals surface area (Å²) >= 11 is 0. The van der Waals surface area contributed by atoms with E-state index in [1.165, 1.54) is 18.2 Å². The summed E-state index contributed by atoms with van der Waals surface area (Å²) in [6.45, 7) is 3.26. The van der Waals surface area contributed by atoms with Crippen LogP contribution in [0.5, 0.6) is 0 Å². The molecule has 0 radical (unpaired) electrons. The number of rotatable bonds is 3. The van der Waals surface area contributed by atoms with Gasteiger partial charge in [0.1, 0.15) is 11.6 Å². The predicted octanol–water partition coefficient (Wildman–Crippen LogP) is 3.56. The number of benzene rings is 1. The fourth-order valence-corrected chi connectivity index (χ4v) is 1.35. The Morgan fingerprint density at radius 2 is 1.85 bits per heavy atom. The van der Waals surface area contributed by atoms with E-state index in [2.05, 4.69) is 0 Å². The maximum absolute atomic E-state index is 12.4. The van der Waals surface area contributed by atoms with Crippen molar-refractivity contribution in [3.8, 4) is 6.07 Å². The molecule has 0 aromatic heterocycles. The molecule has 106 valence electrons. The van der Waals surface area contributed by atoms with Crippen molar-refractivity contribution in [2.75, 3.05) is 0 Å². The minimum Gasteiger partial charge on any atom is -0.459 e. The molecule has 1 aromatic rings. The van der Waals surface area contributed by atoms with Crippen LogP contribution in [-0.2, 0) is 15.7 Å². The number of hydrogen-bond donors (Lipinski definition) is 0. The summed E-state index contributed by atoms with van der Waals surface area (Å²) in [5, 5.41) is 8.86. The second-order valence-corrected chi connectivity index (χ2v) is 4.24. The van der Waals surface area contributed by atoms with Gasteiger partial charge in [-0.25, -0.2) is 4.79 Å². The highest BCUT2D eigenvalue weighted by atomic mass is 19.4. The second kappa shape index (κ2) is 6.24. The molecular formula is C14H12F3NO2. The highest BCUT2D eigenvalue weighted by Crippen LogP contribution is 2.29. The van der Waals surface area contributed by atoms with Crippen molar-refractivity contribution in [1.29, 1.82) is 5.26 Å². The van der Waals surface area contributed by atoms with Gasteiger partial charge in [-0.2, -0.15) is 18.4 Å². The summed E-state index contributed by atoms with van der Waals surface area (Å²) in [4.78, 5) is 11.5. The molecule has 0 fully saturated rings. The molecule has 0 saturated heterocycles.